The van der Waals surface area contributed by atoms with E-state index < -0.39 is 24.3 Å². The van der Waals surface area contributed by atoms with Crippen LogP contribution < -0.4 is 5.32 Å². The Labute approximate surface area is 163 Å². The van der Waals surface area contributed by atoms with Crippen molar-refractivity contribution in [2.24, 2.45) is 0 Å². The van der Waals surface area contributed by atoms with Gasteiger partial charge in [-0.1, -0.05) is 26.0 Å². The zero-order valence-corrected chi connectivity index (χ0v) is 16.0. The van der Waals surface area contributed by atoms with E-state index in [9.17, 15) is 18.8 Å². The number of hydrogen-bond donors (Lipinski definition) is 1. The number of nitrogens with one attached hydrogen (secondary N) is 1. The average Bonchev–Trinajstić information content (AvgIpc) is 2.71. The number of amides is 1. The van der Waals surface area contributed by atoms with Gasteiger partial charge in [-0.2, -0.15) is 0 Å². The first kappa shape index (κ1) is 21.3. The number of hydrogen-bond acceptors (Lipinski definition) is 4. The fourth-order valence-corrected chi connectivity index (χ4v) is 2.54. The SMILES string of the molecule is CCC(C)c1ccc(NC(=O)COC(=O)CCC(=O)c2ccc(F)cc2)cc1. The maximum Gasteiger partial charge on any atom is 0.306 e. The number of rotatable bonds is 9. The van der Waals surface area contributed by atoms with Crippen molar-refractivity contribution in [1.82, 2.24) is 0 Å². The number of anilines is 1. The number of esters is 1. The van der Waals surface area contributed by atoms with E-state index in [1.807, 2.05) is 24.3 Å². The Morgan fingerprint density at radius 3 is 2.25 bits per heavy atom. The van der Waals surface area contributed by atoms with Gasteiger partial charge in [0.15, 0.2) is 12.4 Å². The summed E-state index contributed by atoms with van der Waals surface area (Å²) in [4.78, 5) is 35.5. The van der Waals surface area contributed by atoms with Crippen molar-refractivity contribution in [2.75, 3.05) is 11.9 Å². The van der Waals surface area contributed by atoms with Gasteiger partial charge in [0.2, 0.25) is 0 Å². The van der Waals surface area contributed by atoms with Gasteiger partial charge in [-0.25, -0.2) is 4.39 Å². The van der Waals surface area contributed by atoms with E-state index in [-0.39, 0.29) is 18.6 Å². The molecule has 0 radical (unpaired) electrons. The van der Waals surface area contributed by atoms with Crippen LogP contribution in [0.15, 0.2) is 48.5 Å². The number of carbonyl (C=O) groups is 3. The molecule has 1 unspecified atom stereocenters. The Kier molecular flexibility index (Phi) is 7.87. The molecule has 0 aromatic heterocycles. The highest BCUT2D eigenvalue weighted by atomic mass is 19.1. The van der Waals surface area contributed by atoms with Crippen LogP contribution in [-0.2, 0) is 14.3 Å². The molecule has 2 aromatic carbocycles. The molecule has 5 nitrogen and oxygen atoms in total. The lowest BCUT2D eigenvalue weighted by atomic mass is 9.99. The van der Waals surface area contributed by atoms with E-state index in [4.69, 9.17) is 4.74 Å². The molecule has 2 rings (SSSR count). The summed E-state index contributed by atoms with van der Waals surface area (Å²) in [5, 5.41) is 2.66. The van der Waals surface area contributed by atoms with Crippen molar-refractivity contribution in [1.29, 1.82) is 0 Å². The van der Waals surface area contributed by atoms with Gasteiger partial charge in [-0.3, -0.25) is 14.4 Å². The summed E-state index contributed by atoms with van der Waals surface area (Å²) in [6.07, 6.45) is 0.821. The van der Waals surface area contributed by atoms with E-state index in [0.717, 1.165) is 6.42 Å². The summed E-state index contributed by atoms with van der Waals surface area (Å²) in [7, 11) is 0. The Hall–Kier alpha value is -3.02. The number of Topliss-reactive ketones (excluding diaryl/α,β-unsaturated/α-hetero) is 1. The van der Waals surface area contributed by atoms with Gasteiger partial charge in [0.05, 0.1) is 6.42 Å². The van der Waals surface area contributed by atoms with E-state index in [1.54, 1.807) is 0 Å². The van der Waals surface area contributed by atoms with Crippen LogP contribution >= 0.6 is 0 Å². The monoisotopic (exact) mass is 385 g/mol. The second-order valence-electron chi connectivity index (χ2n) is 6.57. The molecule has 6 heteroatoms. The minimum Gasteiger partial charge on any atom is -0.456 e. The first-order valence-corrected chi connectivity index (χ1v) is 9.23. The summed E-state index contributed by atoms with van der Waals surface area (Å²) < 4.78 is 17.7. The lowest BCUT2D eigenvalue weighted by Crippen LogP contribution is -2.21. The van der Waals surface area contributed by atoms with Crippen molar-refractivity contribution in [3.8, 4) is 0 Å². The molecule has 0 aliphatic rings. The van der Waals surface area contributed by atoms with Crippen molar-refractivity contribution >= 4 is 23.3 Å². The summed E-state index contributed by atoms with van der Waals surface area (Å²) in [5.74, 6) is -1.37. The third kappa shape index (κ3) is 6.61. The Bertz CT molecular complexity index is 815. The molecule has 0 heterocycles. The summed E-state index contributed by atoms with van der Waals surface area (Å²) >= 11 is 0. The molecular formula is C22H24FNO4. The quantitative estimate of drug-likeness (QED) is 0.510. The Balaban J connectivity index is 1.72. The molecule has 2 aromatic rings. The zero-order valence-electron chi connectivity index (χ0n) is 16.0. The van der Waals surface area contributed by atoms with Crippen LogP contribution in [0.3, 0.4) is 0 Å². The first-order valence-electron chi connectivity index (χ1n) is 9.23. The molecule has 0 fully saturated rings. The lowest BCUT2D eigenvalue weighted by Gasteiger charge is -2.10. The van der Waals surface area contributed by atoms with Crippen molar-refractivity contribution in [3.63, 3.8) is 0 Å². The molecule has 1 N–H and O–H groups in total. The Morgan fingerprint density at radius 2 is 1.64 bits per heavy atom. The smallest absolute Gasteiger partial charge is 0.306 e. The summed E-state index contributed by atoms with van der Waals surface area (Å²) in [6.45, 7) is 3.83. The molecule has 0 bridgehead atoms. The van der Waals surface area contributed by atoms with Crippen LogP contribution in [0, 0.1) is 5.82 Å². The van der Waals surface area contributed by atoms with Crippen molar-refractivity contribution < 1.29 is 23.5 Å². The highest BCUT2D eigenvalue weighted by molar-refractivity contribution is 5.98. The van der Waals surface area contributed by atoms with E-state index in [1.165, 1.54) is 29.8 Å². The molecule has 148 valence electrons. The highest BCUT2D eigenvalue weighted by Gasteiger charge is 2.12. The molecule has 0 saturated carbocycles. The van der Waals surface area contributed by atoms with Crippen LogP contribution in [0.1, 0.15) is 54.9 Å². The van der Waals surface area contributed by atoms with E-state index >= 15 is 0 Å². The Morgan fingerprint density at radius 1 is 1.00 bits per heavy atom. The van der Waals surface area contributed by atoms with Gasteiger partial charge in [-0.05, 0) is 54.3 Å². The van der Waals surface area contributed by atoms with Crippen LogP contribution in [0.5, 0.6) is 0 Å². The fourth-order valence-electron chi connectivity index (χ4n) is 2.54. The second-order valence-corrected chi connectivity index (χ2v) is 6.57. The summed E-state index contributed by atoms with van der Waals surface area (Å²) in [6, 6.07) is 12.6. The topological polar surface area (TPSA) is 72.5 Å². The van der Waals surface area contributed by atoms with Gasteiger partial charge in [0, 0.05) is 17.7 Å². The molecular weight excluding hydrogens is 361 g/mol. The normalized spacial score (nSPS) is 11.5. The van der Waals surface area contributed by atoms with Crippen LogP contribution in [0.25, 0.3) is 0 Å². The zero-order chi connectivity index (χ0) is 20.5. The second kappa shape index (κ2) is 10.3. The van der Waals surface area contributed by atoms with Gasteiger partial charge in [0.25, 0.3) is 5.91 Å². The van der Waals surface area contributed by atoms with Crippen LogP contribution in [0.2, 0.25) is 0 Å². The molecule has 0 saturated heterocycles. The highest BCUT2D eigenvalue weighted by Crippen LogP contribution is 2.20. The maximum absolute atomic E-state index is 12.8. The standard InChI is InChI=1S/C22H24FNO4/c1-3-15(2)16-6-10-19(11-7-16)24-21(26)14-28-22(27)13-12-20(25)17-4-8-18(23)9-5-17/h4-11,15H,3,12-14H2,1-2H3,(H,24,26). The lowest BCUT2D eigenvalue weighted by molar-refractivity contribution is -0.147. The third-order valence-corrected chi connectivity index (χ3v) is 4.46. The largest absolute Gasteiger partial charge is 0.456 e. The van der Waals surface area contributed by atoms with Gasteiger partial charge in [0.1, 0.15) is 5.82 Å². The van der Waals surface area contributed by atoms with Gasteiger partial charge in [-0.15, -0.1) is 0 Å². The fraction of sp³-hybridized carbons (Fsp3) is 0.318. The van der Waals surface area contributed by atoms with E-state index in [2.05, 4.69) is 19.2 Å². The molecule has 0 spiro atoms. The number of benzene rings is 2. The minimum absolute atomic E-state index is 0.0663. The van der Waals surface area contributed by atoms with Crippen molar-refractivity contribution in [2.45, 2.75) is 39.0 Å². The number of halogens is 1. The summed E-state index contributed by atoms with van der Waals surface area (Å²) in [5.41, 5.74) is 2.14. The predicted molar refractivity (Wildman–Crippen MR) is 105 cm³/mol. The molecule has 0 aliphatic carbocycles. The minimum atomic E-state index is -0.641. The molecule has 28 heavy (non-hydrogen) atoms. The maximum atomic E-state index is 12.8. The van der Waals surface area contributed by atoms with Crippen LogP contribution in [0.4, 0.5) is 10.1 Å². The van der Waals surface area contributed by atoms with Crippen LogP contribution in [-0.4, -0.2) is 24.3 Å². The number of ether oxygens (including phenoxy) is 1. The molecule has 0 aliphatic heterocycles. The third-order valence-electron chi connectivity index (χ3n) is 4.46. The van der Waals surface area contributed by atoms with Gasteiger partial charge < -0.3 is 10.1 Å². The van der Waals surface area contributed by atoms with E-state index in [0.29, 0.717) is 17.2 Å². The molecule has 1 amide bonds. The number of ketones is 1. The number of carbonyl (C=O) groups excluding carboxylic acids is 3. The molecule has 1 atom stereocenters. The predicted octanol–water partition coefficient (Wildman–Crippen LogP) is 4.48. The average molecular weight is 385 g/mol. The first-order chi connectivity index (χ1) is 13.4. The van der Waals surface area contributed by atoms with Crippen molar-refractivity contribution in [3.05, 3.63) is 65.5 Å². The van der Waals surface area contributed by atoms with Gasteiger partial charge >= 0.3 is 5.97 Å².